The average Bonchev–Trinajstić information content (AvgIpc) is 3.58. The number of thiophene rings is 1. The van der Waals surface area contributed by atoms with Gasteiger partial charge in [0, 0.05) is 40.3 Å². The lowest BCUT2D eigenvalue weighted by Gasteiger charge is -2.28. The Morgan fingerprint density at radius 1 is 1.15 bits per heavy atom. The summed E-state index contributed by atoms with van der Waals surface area (Å²) >= 11 is 1.29. The minimum atomic E-state index is -0.368. The van der Waals surface area contributed by atoms with E-state index in [-0.39, 0.29) is 18.5 Å². The number of benzene rings is 1. The highest BCUT2D eigenvalue weighted by molar-refractivity contribution is 7.13. The average molecular weight is 545 g/mol. The summed E-state index contributed by atoms with van der Waals surface area (Å²) in [5.41, 5.74) is 5.01. The van der Waals surface area contributed by atoms with Crippen molar-refractivity contribution >= 4 is 23.0 Å². The third kappa shape index (κ3) is 5.65. The molecule has 4 heterocycles. The summed E-state index contributed by atoms with van der Waals surface area (Å²) in [6.45, 7) is 9.01. The van der Waals surface area contributed by atoms with Crippen LogP contribution in [0.3, 0.4) is 0 Å². The summed E-state index contributed by atoms with van der Waals surface area (Å²) in [6, 6.07) is 15.8. The molecule has 10 heteroatoms. The van der Waals surface area contributed by atoms with Gasteiger partial charge in [0.2, 0.25) is 5.88 Å². The van der Waals surface area contributed by atoms with Gasteiger partial charge in [-0.2, -0.15) is 5.26 Å². The summed E-state index contributed by atoms with van der Waals surface area (Å²) in [4.78, 5) is 20.4. The lowest BCUT2D eigenvalue weighted by atomic mass is 9.97. The molecule has 1 aliphatic rings. The van der Waals surface area contributed by atoms with Gasteiger partial charge in [-0.1, -0.05) is 17.3 Å². The lowest BCUT2D eigenvalue weighted by Crippen LogP contribution is -2.36. The molecule has 1 aliphatic heterocycles. The van der Waals surface area contributed by atoms with Crippen molar-refractivity contribution in [3.63, 3.8) is 0 Å². The summed E-state index contributed by atoms with van der Waals surface area (Å²) < 4.78 is 22.1. The number of rotatable bonds is 8. The van der Waals surface area contributed by atoms with E-state index in [1.807, 2.05) is 38.1 Å². The van der Waals surface area contributed by atoms with Gasteiger partial charge < -0.3 is 23.6 Å². The molecule has 0 atom stereocenters. The normalized spacial score (nSPS) is 13.2. The summed E-state index contributed by atoms with van der Waals surface area (Å²) in [5, 5.41) is 14.2. The minimum absolute atomic E-state index is 0.145. The van der Waals surface area contributed by atoms with Crippen LogP contribution >= 0.6 is 11.3 Å². The number of ether oxygens (including phenoxy) is 3. The van der Waals surface area contributed by atoms with Crippen LogP contribution in [0.1, 0.15) is 38.5 Å². The number of carbonyl (C=O) groups is 1. The number of anilines is 1. The van der Waals surface area contributed by atoms with Crippen LogP contribution in [0.25, 0.3) is 22.4 Å². The first-order chi connectivity index (χ1) is 19.0. The molecule has 0 bridgehead atoms. The van der Waals surface area contributed by atoms with E-state index in [9.17, 15) is 10.1 Å². The molecule has 200 valence electrons. The molecule has 1 fully saturated rings. The number of nitrogens with zero attached hydrogens (tertiary/aromatic N) is 4. The predicted molar refractivity (Wildman–Crippen MR) is 147 cm³/mol. The molecule has 0 N–H and O–H groups in total. The maximum absolute atomic E-state index is 12.1. The Kier molecular flexibility index (Phi) is 7.91. The quantitative estimate of drug-likeness (QED) is 0.264. The molecule has 4 aromatic rings. The van der Waals surface area contributed by atoms with Gasteiger partial charge in [-0.25, -0.2) is 9.78 Å². The molecule has 9 nitrogen and oxygen atoms in total. The number of carbonyl (C=O) groups excluding carboxylic acids is 1. The van der Waals surface area contributed by atoms with Gasteiger partial charge in [-0.15, -0.1) is 11.3 Å². The third-order valence-corrected chi connectivity index (χ3v) is 7.47. The van der Waals surface area contributed by atoms with E-state index in [2.05, 4.69) is 28.3 Å². The summed E-state index contributed by atoms with van der Waals surface area (Å²) in [7, 11) is 0. The molecule has 0 spiro atoms. The van der Waals surface area contributed by atoms with Gasteiger partial charge in [-0.05, 0) is 51.1 Å². The molecule has 5 rings (SSSR count). The number of nitriles is 1. The van der Waals surface area contributed by atoms with E-state index in [0.29, 0.717) is 53.0 Å². The van der Waals surface area contributed by atoms with Crippen LogP contribution in [-0.2, 0) is 16.1 Å². The molecule has 0 saturated carbocycles. The van der Waals surface area contributed by atoms with Gasteiger partial charge in [0.1, 0.15) is 28.9 Å². The van der Waals surface area contributed by atoms with E-state index in [1.54, 1.807) is 13.0 Å². The summed E-state index contributed by atoms with van der Waals surface area (Å²) in [6.07, 6.45) is 0. The zero-order valence-corrected chi connectivity index (χ0v) is 22.8. The van der Waals surface area contributed by atoms with E-state index in [1.165, 1.54) is 11.3 Å². The van der Waals surface area contributed by atoms with Gasteiger partial charge in [0.15, 0.2) is 0 Å². The number of esters is 1. The molecular formula is C29H28N4O5S. The SMILES string of the molecule is CCOC(=O)c1ccc(COc2nc(-c3ccc(N4CCOCC4)cc3)cc(-c3c(C)noc3C)c2C#N)s1. The first kappa shape index (κ1) is 26.4. The standard InChI is InChI=1S/C29H28N4O5S/c1-4-36-29(34)26-10-9-22(39-26)17-37-28-24(16-30)23(27-18(2)32-38-19(27)3)15-25(31-28)20-5-7-21(8-6-20)33-11-13-35-14-12-33/h5-10,15H,4,11-14,17H2,1-3H3. The van der Waals surface area contributed by atoms with Crippen LogP contribution in [0.4, 0.5) is 5.69 Å². The second-order valence-electron chi connectivity index (χ2n) is 8.97. The van der Waals surface area contributed by atoms with E-state index >= 15 is 0 Å². The number of hydrogen-bond acceptors (Lipinski definition) is 10. The van der Waals surface area contributed by atoms with Crippen LogP contribution in [0.2, 0.25) is 0 Å². The van der Waals surface area contributed by atoms with E-state index in [4.69, 9.17) is 23.7 Å². The molecule has 0 aliphatic carbocycles. The van der Waals surface area contributed by atoms with Crippen LogP contribution in [-0.4, -0.2) is 49.0 Å². The highest BCUT2D eigenvalue weighted by Crippen LogP contribution is 2.37. The smallest absolute Gasteiger partial charge is 0.348 e. The fraction of sp³-hybridized carbons (Fsp3) is 0.310. The van der Waals surface area contributed by atoms with Crippen LogP contribution in [0.5, 0.6) is 5.88 Å². The van der Waals surface area contributed by atoms with Crippen LogP contribution in [0.15, 0.2) is 47.0 Å². The Labute approximate surface area is 230 Å². The van der Waals surface area contributed by atoms with Gasteiger partial charge in [0.05, 0.1) is 31.2 Å². The first-order valence-electron chi connectivity index (χ1n) is 12.7. The fourth-order valence-corrected chi connectivity index (χ4v) is 5.33. The number of aromatic nitrogens is 2. The molecule has 39 heavy (non-hydrogen) atoms. The molecule has 0 radical (unpaired) electrons. The van der Waals surface area contributed by atoms with Crippen LogP contribution in [0, 0.1) is 25.2 Å². The number of aryl methyl sites for hydroxylation is 2. The second kappa shape index (κ2) is 11.7. The number of morpholine rings is 1. The Bertz CT molecular complexity index is 1490. The van der Waals surface area contributed by atoms with Gasteiger partial charge in [-0.3, -0.25) is 0 Å². The Morgan fingerprint density at radius 2 is 1.92 bits per heavy atom. The lowest BCUT2D eigenvalue weighted by molar-refractivity contribution is 0.0532. The van der Waals surface area contributed by atoms with Crippen molar-refractivity contribution < 1.29 is 23.5 Å². The van der Waals surface area contributed by atoms with Gasteiger partial charge in [0.25, 0.3) is 0 Å². The summed E-state index contributed by atoms with van der Waals surface area (Å²) in [5.74, 6) is 0.438. The largest absolute Gasteiger partial charge is 0.471 e. The Hall–Kier alpha value is -4.20. The molecule has 1 aromatic carbocycles. The Balaban J connectivity index is 1.51. The fourth-order valence-electron chi connectivity index (χ4n) is 4.52. The monoisotopic (exact) mass is 544 g/mol. The van der Waals surface area contributed by atoms with Crippen molar-refractivity contribution in [2.75, 3.05) is 37.8 Å². The van der Waals surface area contributed by atoms with Crippen molar-refractivity contribution in [1.29, 1.82) is 5.26 Å². The van der Waals surface area contributed by atoms with Crippen LogP contribution < -0.4 is 9.64 Å². The number of hydrogen-bond donors (Lipinski definition) is 0. The molecular weight excluding hydrogens is 516 g/mol. The molecule has 1 saturated heterocycles. The van der Waals surface area contributed by atoms with Crippen molar-refractivity contribution in [1.82, 2.24) is 10.1 Å². The highest BCUT2D eigenvalue weighted by Gasteiger charge is 2.22. The molecule has 3 aromatic heterocycles. The van der Waals surface area contributed by atoms with Crippen molar-refractivity contribution in [3.8, 4) is 34.3 Å². The molecule has 0 unspecified atom stereocenters. The van der Waals surface area contributed by atoms with E-state index in [0.717, 1.165) is 34.8 Å². The van der Waals surface area contributed by atoms with E-state index < -0.39 is 0 Å². The first-order valence-corrected chi connectivity index (χ1v) is 13.5. The predicted octanol–water partition coefficient (Wildman–Crippen LogP) is 5.55. The minimum Gasteiger partial charge on any atom is -0.471 e. The zero-order valence-electron chi connectivity index (χ0n) is 22.0. The molecule has 0 amide bonds. The van der Waals surface area contributed by atoms with Crippen molar-refractivity contribution in [2.45, 2.75) is 27.4 Å². The van der Waals surface area contributed by atoms with Crippen molar-refractivity contribution in [2.24, 2.45) is 0 Å². The van der Waals surface area contributed by atoms with Gasteiger partial charge >= 0.3 is 5.97 Å². The maximum Gasteiger partial charge on any atom is 0.348 e. The zero-order chi connectivity index (χ0) is 27.4. The topological polar surface area (TPSA) is 111 Å². The highest BCUT2D eigenvalue weighted by atomic mass is 32.1. The van der Waals surface area contributed by atoms with Crippen molar-refractivity contribution in [3.05, 3.63) is 69.2 Å². The Morgan fingerprint density at radius 3 is 2.59 bits per heavy atom. The third-order valence-electron chi connectivity index (χ3n) is 6.43. The second-order valence-corrected chi connectivity index (χ2v) is 10.1. The maximum atomic E-state index is 12.1. The number of pyridine rings is 1.